The SMILES string of the molecule is Cc1nn(C)c2ncnc(NCCN3CCCC[C@@H]3CO)c12. The quantitative estimate of drug-likeness (QED) is 0.855. The Bertz CT molecular complexity index is 640. The Morgan fingerprint density at radius 2 is 2.23 bits per heavy atom. The molecule has 1 aliphatic rings. The predicted octanol–water partition coefficient (Wildman–Crippen LogP) is 0.930. The van der Waals surface area contributed by atoms with Crippen LogP contribution in [0.2, 0.25) is 0 Å². The Morgan fingerprint density at radius 1 is 1.36 bits per heavy atom. The molecule has 1 fully saturated rings. The summed E-state index contributed by atoms with van der Waals surface area (Å²) in [6.45, 7) is 5.01. The van der Waals surface area contributed by atoms with Crippen LogP contribution in [0.5, 0.6) is 0 Å². The number of likely N-dealkylation sites (tertiary alicyclic amines) is 1. The molecule has 0 spiro atoms. The number of aliphatic hydroxyl groups excluding tert-OH is 1. The molecule has 0 saturated carbocycles. The average molecular weight is 304 g/mol. The summed E-state index contributed by atoms with van der Waals surface area (Å²) < 4.78 is 1.78. The first-order chi connectivity index (χ1) is 10.7. The fraction of sp³-hybridized carbons (Fsp3) is 0.667. The normalized spacial score (nSPS) is 19.7. The number of aromatic nitrogens is 4. The molecule has 0 bridgehead atoms. The maximum absolute atomic E-state index is 9.46. The van der Waals surface area contributed by atoms with Gasteiger partial charge >= 0.3 is 0 Å². The molecular formula is C15H24N6O. The van der Waals surface area contributed by atoms with Crippen LogP contribution in [0.3, 0.4) is 0 Å². The molecule has 7 nitrogen and oxygen atoms in total. The average Bonchev–Trinajstić information content (AvgIpc) is 2.83. The molecule has 1 saturated heterocycles. The molecule has 1 aliphatic heterocycles. The standard InChI is InChI=1S/C15H24N6O/c1-11-13-14(17-10-18-15(13)20(2)19-11)16-6-8-21-7-4-3-5-12(21)9-22/h10,12,22H,3-9H2,1-2H3,(H,16,17,18)/t12-/m1/s1. The van der Waals surface area contributed by atoms with Gasteiger partial charge in [-0.15, -0.1) is 0 Å². The van der Waals surface area contributed by atoms with Crippen molar-refractivity contribution in [2.45, 2.75) is 32.2 Å². The van der Waals surface area contributed by atoms with Gasteiger partial charge in [0.25, 0.3) is 0 Å². The van der Waals surface area contributed by atoms with Crippen LogP contribution in [0.1, 0.15) is 25.0 Å². The first-order valence-electron chi connectivity index (χ1n) is 7.93. The van der Waals surface area contributed by atoms with Crippen LogP contribution in [0.4, 0.5) is 5.82 Å². The molecule has 7 heteroatoms. The minimum atomic E-state index is 0.249. The molecule has 3 rings (SSSR count). The van der Waals surface area contributed by atoms with Gasteiger partial charge in [-0.25, -0.2) is 9.97 Å². The molecule has 22 heavy (non-hydrogen) atoms. The zero-order valence-electron chi connectivity index (χ0n) is 13.3. The van der Waals surface area contributed by atoms with Gasteiger partial charge in [0.2, 0.25) is 0 Å². The molecule has 0 amide bonds. The Hall–Kier alpha value is -1.73. The van der Waals surface area contributed by atoms with Crippen molar-refractivity contribution in [3.05, 3.63) is 12.0 Å². The lowest BCUT2D eigenvalue weighted by molar-refractivity contribution is 0.0940. The highest BCUT2D eigenvalue weighted by Crippen LogP contribution is 2.22. The van der Waals surface area contributed by atoms with Gasteiger partial charge < -0.3 is 10.4 Å². The van der Waals surface area contributed by atoms with Crippen molar-refractivity contribution in [1.29, 1.82) is 0 Å². The maximum Gasteiger partial charge on any atom is 0.163 e. The summed E-state index contributed by atoms with van der Waals surface area (Å²) in [5.41, 5.74) is 1.79. The van der Waals surface area contributed by atoms with Crippen LogP contribution < -0.4 is 5.32 Å². The number of hydrogen-bond acceptors (Lipinski definition) is 6. The molecule has 2 N–H and O–H groups in total. The first kappa shape index (κ1) is 15.2. The third-order valence-corrected chi connectivity index (χ3v) is 4.45. The van der Waals surface area contributed by atoms with E-state index >= 15 is 0 Å². The van der Waals surface area contributed by atoms with E-state index < -0.39 is 0 Å². The minimum absolute atomic E-state index is 0.249. The highest BCUT2D eigenvalue weighted by Gasteiger charge is 2.21. The highest BCUT2D eigenvalue weighted by atomic mass is 16.3. The van der Waals surface area contributed by atoms with Crippen LogP contribution in [-0.4, -0.2) is 62.0 Å². The summed E-state index contributed by atoms with van der Waals surface area (Å²) in [7, 11) is 1.89. The van der Waals surface area contributed by atoms with E-state index in [2.05, 4.69) is 25.3 Å². The molecule has 2 aromatic rings. The van der Waals surface area contributed by atoms with Crippen LogP contribution >= 0.6 is 0 Å². The van der Waals surface area contributed by atoms with E-state index in [0.717, 1.165) is 48.6 Å². The van der Waals surface area contributed by atoms with E-state index in [9.17, 15) is 5.11 Å². The van der Waals surface area contributed by atoms with Gasteiger partial charge in [0.15, 0.2) is 5.65 Å². The van der Waals surface area contributed by atoms with E-state index in [-0.39, 0.29) is 6.61 Å². The van der Waals surface area contributed by atoms with Crippen LogP contribution in [0.25, 0.3) is 11.0 Å². The van der Waals surface area contributed by atoms with Crippen molar-refractivity contribution in [1.82, 2.24) is 24.6 Å². The van der Waals surface area contributed by atoms with Crippen LogP contribution in [-0.2, 0) is 7.05 Å². The molecule has 1 atom stereocenters. The summed E-state index contributed by atoms with van der Waals surface area (Å²) in [5.74, 6) is 0.841. The number of nitrogens with one attached hydrogen (secondary N) is 1. The van der Waals surface area contributed by atoms with E-state index in [0.29, 0.717) is 6.04 Å². The van der Waals surface area contributed by atoms with Gasteiger partial charge in [-0.3, -0.25) is 9.58 Å². The predicted molar refractivity (Wildman–Crippen MR) is 85.8 cm³/mol. The fourth-order valence-electron chi connectivity index (χ4n) is 3.29. The summed E-state index contributed by atoms with van der Waals surface area (Å²) in [6, 6.07) is 0.307. The summed E-state index contributed by atoms with van der Waals surface area (Å²) >= 11 is 0. The largest absolute Gasteiger partial charge is 0.395 e. The topological polar surface area (TPSA) is 79.1 Å². The van der Waals surface area contributed by atoms with Gasteiger partial charge in [-0.2, -0.15) is 5.10 Å². The van der Waals surface area contributed by atoms with Gasteiger partial charge in [0.1, 0.15) is 12.1 Å². The lowest BCUT2D eigenvalue weighted by atomic mass is 10.0. The van der Waals surface area contributed by atoms with Gasteiger partial charge in [0, 0.05) is 26.2 Å². The lowest BCUT2D eigenvalue weighted by Crippen LogP contribution is -2.44. The molecule has 0 aliphatic carbocycles. The van der Waals surface area contributed by atoms with Crippen LogP contribution in [0, 0.1) is 6.92 Å². The van der Waals surface area contributed by atoms with Crippen molar-refractivity contribution >= 4 is 16.9 Å². The Labute approximate surface area is 130 Å². The van der Waals surface area contributed by atoms with Crippen molar-refractivity contribution in [2.24, 2.45) is 7.05 Å². The molecular weight excluding hydrogens is 280 g/mol. The van der Waals surface area contributed by atoms with Crippen molar-refractivity contribution in [3.8, 4) is 0 Å². The van der Waals surface area contributed by atoms with Gasteiger partial charge in [0.05, 0.1) is 17.7 Å². The van der Waals surface area contributed by atoms with E-state index in [1.54, 1.807) is 11.0 Å². The number of hydrogen-bond donors (Lipinski definition) is 2. The van der Waals surface area contributed by atoms with Crippen molar-refractivity contribution < 1.29 is 5.11 Å². The molecule has 0 radical (unpaired) electrons. The smallest absolute Gasteiger partial charge is 0.163 e. The number of fused-ring (bicyclic) bond motifs is 1. The first-order valence-corrected chi connectivity index (χ1v) is 7.93. The van der Waals surface area contributed by atoms with Crippen molar-refractivity contribution in [3.63, 3.8) is 0 Å². The number of aryl methyl sites for hydroxylation is 2. The number of anilines is 1. The number of aliphatic hydroxyl groups is 1. The third kappa shape index (κ3) is 2.91. The molecule has 0 aromatic carbocycles. The van der Waals surface area contributed by atoms with E-state index in [1.165, 1.54) is 12.8 Å². The fourth-order valence-corrected chi connectivity index (χ4v) is 3.29. The number of rotatable bonds is 5. The van der Waals surface area contributed by atoms with E-state index in [1.807, 2.05) is 14.0 Å². The second kappa shape index (κ2) is 6.58. The third-order valence-electron chi connectivity index (χ3n) is 4.45. The second-order valence-electron chi connectivity index (χ2n) is 5.92. The zero-order valence-corrected chi connectivity index (χ0v) is 13.3. The van der Waals surface area contributed by atoms with Crippen molar-refractivity contribution in [2.75, 3.05) is 31.6 Å². The second-order valence-corrected chi connectivity index (χ2v) is 5.92. The monoisotopic (exact) mass is 304 g/mol. The molecule has 120 valence electrons. The Morgan fingerprint density at radius 3 is 3.05 bits per heavy atom. The van der Waals surface area contributed by atoms with Gasteiger partial charge in [-0.1, -0.05) is 6.42 Å². The summed E-state index contributed by atoms with van der Waals surface area (Å²) in [5, 5.41) is 18.3. The molecule has 3 heterocycles. The lowest BCUT2D eigenvalue weighted by Gasteiger charge is -2.34. The molecule has 0 unspecified atom stereocenters. The van der Waals surface area contributed by atoms with E-state index in [4.69, 9.17) is 0 Å². The Kier molecular flexibility index (Phi) is 4.54. The number of nitrogens with zero attached hydrogens (tertiary/aromatic N) is 5. The van der Waals surface area contributed by atoms with Gasteiger partial charge in [-0.05, 0) is 26.3 Å². The zero-order chi connectivity index (χ0) is 15.5. The molecule has 2 aromatic heterocycles. The number of piperidine rings is 1. The maximum atomic E-state index is 9.46. The Balaban J connectivity index is 1.67. The minimum Gasteiger partial charge on any atom is -0.395 e. The summed E-state index contributed by atoms with van der Waals surface area (Å²) in [6.07, 6.45) is 5.10. The summed E-state index contributed by atoms with van der Waals surface area (Å²) in [4.78, 5) is 11.0. The van der Waals surface area contributed by atoms with Crippen LogP contribution in [0.15, 0.2) is 6.33 Å². The highest BCUT2D eigenvalue weighted by molar-refractivity contribution is 5.88.